The Morgan fingerprint density at radius 2 is 1.96 bits per heavy atom. The molecule has 1 aromatic heterocycles. The zero-order valence-electron chi connectivity index (χ0n) is 16.0. The number of fused-ring (bicyclic) bond motifs is 1. The minimum absolute atomic E-state index is 0.118. The summed E-state index contributed by atoms with van der Waals surface area (Å²) in [6.45, 7) is 5.31. The Bertz CT molecular complexity index is 1020. The number of aryl methyl sites for hydroxylation is 1. The first-order valence-corrected chi connectivity index (χ1v) is 9.89. The molecule has 28 heavy (non-hydrogen) atoms. The van der Waals surface area contributed by atoms with E-state index in [1.54, 1.807) is 6.08 Å². The monoisotopic (exact) mass is 394 g/mol. The van der Waals surface area contributed by atoms with E-state index in [-0.39, 0.29) is 22.6 Å². The van der Waals surface area contributed by atoms with Crippen LogP contribution in [0, 0.1) is 6.92 Å². The summed E-state index contributed by atoms with van der Waals surface area (Å²) < 4.78 is 0. The van der Waals surface area contributed by atoms with Crippen LogP contribution in [-0.4, -0.2) is 39.9 Å². The van der Waals surface area contributed by atoms with Crippen LogP contribution >= 0.6 is 12.2 Å². The molecule has 7 heteroatoms. The molecule has 2 saturated heterocycles. The second-order valence-corrected chi connectivity index (χ2v) is 7.68. The van der Waals surface area contributed by atoms with Gasteiger partial charge in [0, 0.05) is 31.0 Å². The molecule has 0 radical (unpaired) electrons. The van der Waals surface area contributed by atoms with Crippen LogP contribution in [0.15, 0.2) is 30.0 Å². The molecular weight excluding hydrogens is 372 g/mol. The second kappa shape index (κ2) is 7.31. The molecule has 4 rings (SSSR count). The van der Waals surface area contributed by atoms with Crippen LogP contribution in [0.3, 0.4) is 0 Å². The lowest BCUT2D eigenvalue weighted by Crippen LogP contribution is -2.31. The first-order chi connectivity index (χ1) is 13.4. The van der Waals surface area contributed by atoms with Crippen LogP contribution in [0.4, 0.5) is 5.82 Å². The van der Waals surface area contributed by atoms with Gasteiger partial charge in [-0.1, -0.05) is 12.1 Å². The van der Waals surface area contributed by atoms with Crippen molar-refractivity contribution in [3.63, 3.8) is 0 Å². The summed E-state index contributed by atoms with van der Waals surface area (Å²) in [7, 11) is 0. The number of anilines is 1. The summed E-state index contributed by atoms with van der Waals surface area (Å²) in [5, 5.41) is 3.67. The highest BCUT2D eigenvalue weighted by Crippen LogP contribution is 2.30. The molecule has 2 aliphatic heterocycles. The number of hydrogen-bond acceptors (Lipinski definition) is 5. The Kier molecular flexibility index (Phi) is 4.85. The van der Waals surface area contributed by atoms with E-state index in [1.165, 1.54) is 18.2 Å². The zero-order chi connectivity index (χ0) is 19.8. The number of nitrogens with one attached hydrogen (secondary N) is 1. The smallest absolute Gasteiger partial charge is 0.274 e. The van der Waals surface area contributed by atoms with Crippen LogP contribution in [0.25, 0.3) is 17.0 Å². The Hall–Kier alpha value is -2.80. The number of carbonyl (C=O) groups is 2. The number of pyridine rings is 1. The van der Waals surface area contributed by atoms with Gasteiger partial charge >= 0.3 is 0 Å². The maximum absolute atomic E-state index is 12.4. The first-order valence-electron chi connectivity index (χ1n) is 9.48. The van der Waals surface area contributed by atoms with Crippen LogP contribution in [-0.2, 0) is 9.59 Å². The van der Waals surface area contributed by atoms with Crippen molar-refractivity contribution in [2.24, 2.45) is 0 Å². The van der Waals surface area contributed by atoms with E-state index in [1.807, 2.05) is 25.1 Å². The van der Waals surface area contributed by atoms with E-state index in [2.05, 4.69) is 16.3 Å². The van der Waals surface area contributed by atoms with Crippen molar-refractivity contribution < 1.29 is 9.59 Å². The van der Waals surface area contributed by atoms with E-state index in [9.17, 15) is 9.59 Å². The van der Waals surface area contributed by atoms with Gasteiger partial charge in [-0.25, -0.2) is 4.98 Å². The molecule has 1 aromatic carbocycles. The summed E-state index contributed by atoms with van der Waals surface area (Å²) in [5.74, 6) is 0.187. The van der Waals surface area contributed by atoms with Crippen molar-refractivity contribution >= 4 is 51.9 Å². The Labute approximate surface area is 169 Å². The van der Waals surface area contributed by atoms with Crippen molar-refractivity contribution in [3.05, 3.63) is 41.1 Å². The fourth-order valence-corrected chi connectivity index (χ4v) is 4.09. The third-order valence-corrected chi connectivity index (χ3v) is 5.43. The number of benzene rings is 1. The van der Waals surface area contributed by atoms with Gasteiger partial charge in [0.2, 0.25) is 5.91 Å². The average Bonchev–Trinajstić information content (AvgIpc) is 2.95. The molecule has 2 aromatic rings. The van der Waals surface area contributed by atoms with Crippen LogP contribution < -0.4 is 10.2 Å². The fourth-order valence-electron chi connectivity index (χ4n) is 3.77. The second-order valence-electron chi connectivity index (χ2n) is 7.29. The predicted molar refractivity (Wildman–Crippen MR) is 114 cm³/mol. The molecule has 2 fully saturated rings. The third kappa shape index (κ3) is 3.38. The van der Waals surface area contributed by atoms with Crippen molar-refractivity contribution in [2.75, 3.05) is 18.0 Å². The van der Waals surface area contributed by atoms with Gasteiger partial charge in [-0.2, -0.15) is 0 Å². The van der Waals surface area contributed by atoms with Crippen LogP contribution in [0.2, 0.25) is 0 Å². The SMILES string of the molecule is CC(=O)N1C(=S)NC(=O)C1=Cc1cc2ccc(C)cc2nc1N1CCCCC1. The molecule has 0 aliphatic carbocycles. The predicted octanol–water partition coefficient (Wildman–Crippen LogP) is 3.14. The van der Waals surface area contributed by atoms with Gasteiger partial charge in [-0.15, -0.1) is 0 Å². The lowest BCUT2D eigenvalue weighted by molar-refractivity contribution is -0.125. The molecule has 2 aliphatic rings. The van der Waals surface area contributed by atoms with Gasteiger partial charge in [-0.3, -0.25) is 19.8 Å². The van der Waals surface area contributed by atoms with E-state index in [0.29, 0.717) is 0 Å². The Balaban J connectivity index is 1.89. The number of nitrogens with zero attached hydrogens (tertiary/aromatic N) is 3. The van der Waals surface area contributed by atoms with Crippen molar-refractivity contribution in [2.45, 2.75) is 33.1 Å². The summed E-state index contributed by atoms with van der Waals surface area (Å²) >= 11 is 5.14. The summed E-state index contributed by atoms with van der Waals surface area (Å²) in [6, 6.07) is 8.17. The first kappa shape index (κ1) is 18.6. The van der Waals surface area contributed by atoms with Crippen LogP contribution in [0.1, 0.15) is 37.3 Å². The quantitative estimate of drug-likeness (QED) is 0.626. The molecule has 6 nitrogen and oxygen atoms in total. The van der Waals surface area contributed by atoms with E-state index in [0.717, 1.165) is 53.8 Å². The van der Waals surface area contributed by atoms with Crippen molar-refractivity contribution in [1.82, 2.24) is 15.2 Å². The summed E-state index contributed by atoms with van der Waals surface area (Å²) in [4.78, 5) is 32.9. The van der Waals surface area contributed by atoms with E-state index in [4.69, 9.17) is 17.2 Å². The molecule has 144 valence electrons. The lowest BCUT2D eigenvalue weighted by atomic mass is 10.1. The minimum Gasteiger partial charge on any atom is -0.356 e. The van der Waals surface area contributed by atoms with Crippen molar-refractivity contribution in [3.8, 4) is 0 Å². The molecule has 0 bridgehead atoms. The number of thiocarbonyl (C=S) groups is 1. The molecule has 2 amide bonds. The fraction of sp³-hybridized carbons (Fsp3) is 0.333. The Morgan fingerprint density at radius 3 is 2.68 bits per heavy atom. The molecule has 0 saturated carbocycles. The van der Waals surface area contributed by atoms with Gasteiger partial charge in [-0.05, 0) is 62.2 Å². The lowest BCUT2D eigenvalue weighted by Gasteiger charge is -2.29. The largest absolute Gasteiger partial charge is 0.356 e. The highest BCUT2D eigenvalue weighted by Gasteiger charge is 2.33. The molecule has 3 heterocycles. The number of amides is 2. The molecule has 0 atom stereocenters. The molecule has 0 unspecified atom stereocenters. The number of aromatic nitrogens is 1. The van der Waals surface area contributed by atoms with Gasteiger partial charge in [0.1, 0.15) is 11.5 Å². The summed E-state index contributed by atoms with van der Waals surface area (Å²) in [5.41, 5.74) is 3.14. The van der Waals surface area contributed by atoms with Gasteiger partial charge in [0.15, 0.2) is 5.11 Å². The number of hydrogen-bond donors (Lipinski definition) is 1. The summed E-state index contributed by atoms with van der Waals surface area (Å²) in [6.07, 6.45) is 5.18. The molecule has 1 N–H and O–H groups in total. The third-order valence-electron chi connectivity index (χ3n) is 5.14. The maximum Gasteiger partial charge on any atom is 0.274 e. The zero-order valence-corrected chi connectivity index (χ0v) is 16.8. The number of rotatable bonds is 2. The van der Waals surface area contributed by atoms with Gasteiger partial charge < -0.3 is 4.90 Å². The van der Waals surface area contributed by atoms with Crippen LogP contribution in [0.5, 0.6) is 0 Å². The Morgan fingerprint density at radius 1 is 1.21 bits per heavy atom. The minimum atomic E-state index is -0.367. The van der Waals surface area contributed by atoms with Gasteiger partial charge in [0.25, 0.3) is 5.91 Å². The highest BCUT2D eigenvalue weighted by molar-refractivity contribution is 7.80. The average molecular weight is 395 g/mol. The van der Waals surface area contributed by atoms with Crippen molar-refractivity contribution in [1.29, 1.82) is 0 Å². The standard InChI is InChI=1S/C21H22N4O2S/c1-13-6-7-15-11-16(12-18-20(27)23-21(28)25(18)14(2)26)19(22-17(15)10-13)24-8-4-3-5-9-24/h6-7,10-12H,3-5,8-9H2,1-2H3,(H,23,27,28). The topological polar surface area (TPSA) is 65.5 Å². The molecule has 0 spiro atoms. The normalized spacial score (nSPS) is 18.9. The number of carbonyl (C=O) groups excluding carboxylic acids is 2. The maximum atomic E-state index is 12.4. The highest BCUT2D eigenvalue weighted by atomic mass is 32.1. The van der Waals surface area contributed by atoms with E-state index < -0.39 is 0 Å². The molecular formula is C21H22N4O2S. The van der Waals surface area contributed by atoms with E-state index >= 15 is 0 Å². The number of piperidine rings is 1. The van der Waals surface area contributed by atoms with Gasteiger partial charge in [0.05, 0.1) is 5.52 Å².